The fraction of sp³-hybridized carbons (Fsp3) is 0.263. The van der Waals surface area contributed by atoms with Crippen molar-refractivity contribution in [3.8, 4) is 17.2 Å². The van der Waals surface area contributed by atoms with Gasteiger partial charge in [0, 0.05) is 6.07 Å². The van der Waals surface area contributed by atoms with E-state index in [-0.39, 0.29) is 0 Å². The molecule has 0 fully saturated rings. The molecular formula is C19H20N2O5. The Kier molecular flexibility index (Phi) is 4.46. The molecule has 1 aliphatic heterocycles. The SMILES string of the molecule is COc1ccc(OC)c(NC(=O)C2(C)Oc3ccc(C)cc3NC2=O)c1. The van der Waals surface area contributed by atoms with Gasteiger partial charge in [-0.05, 0) is 43.7 Å². The number of hydrogen-bond acceptors (Lipinski definition) is 5. The van der Waals surface area contributed by atoms with E-state index in [0.717, 1.165) is 5.56 Å². The van der Waals surface area contributed by atoms with E-state index >= 15 is 0 Å². The first-order valence-electron chi connectivity index (χ1n) is 8.02. The zero-order valence-corrected chi connectivity index (χ0v) is 15.0. The van der Waals surface area contributed by atoms with Crippen molar-refractivity contribution in [2.24, 2.45) is 0 Å². The zero-order chi connectivity index (χ0) is 18.9. The Morgan fingerprint density at radius 2 is 1.92 bits per heavy atom. The minimum absolute atomic E-state index is 0.379. The number of nitrogens with one attached hydrogen (secondary N) is 2. The van der Waals surface area contributed by atoms with Gasteiger partial charge in [0.25, 0.3) is 17.4 Å². The van der Waals surface area contributed by atoms with Crippen molar-refractivity contribution in [2.75, 3.05) is 24.9 Å². The lowest BCUT2D eigenvalue weighted by Gasteiger charge is -2.33. The highest BCUT2D eigenvalue weighted by Crippen LogP contribution is 2.36. The van der Waals surface area contributed by atoms with Crippen LogP contribution in [0.5, 0.6) is 17.2 Å². The average molecular weight is 356 g/mol. The van der Waals surface area contributed by atoms with Crippen LogP contribution in [0.25, 0.3) is 0 Å². The number of aryl methyl sites for hydroxylation is 1. The predicted octanol–water partition coefficient (Wildman–Crippen LogP) is 2.74. The summed E-state index contributed by atoms with van der Waals surface area (Å²) in [6.45, 7) is 3.33. The van der Waals surface area contributed by atoms with E-state index in [1.807, 2.05) is 13.0 Å². The number of ether oxygens (including phenoxy) is 3. The molecular weight excluding hydrogens is 336 g/mol. The van der Waals surface area contributed by atoms with Crippen molar-refractivity contribution in [2.45, 2.75) is 19.4 Å². The summed E-state index contributed by atoms with van der Waals surface area (Å²) in [4.78, 5) is 25.4. The maximum Gasteiger partial charge on any atom is 0.278 e. The van der Waals surface area contributed by atoms with E-state index in [9.17, 15) is 9.59 Å². The van der Waals surface area contributed by atoms with E-state index in [2.05, 4.69) is 10.6 Å². The number of hydrogen-bond donors (Lipinski definition) is 2. The van der Waals surface area contributed by atoms with Crippen LogP contribution in [0, 0.1) is 6.92 Å². The summed E-state index contributed by atoms with van der Waals surface area (Å²) in [5.74, 6) is 0.254. The molecule has 0 saturated heterocycles. The number of carbonyl (C=O) groups excluding carboxylic acids is 2. The van der Waals surface area contributed by atoms with Crippen LogP contribution in [0.2, 0.25) is 0 Å². The second-order valence-electron chi connectivity index (χ2n) is 6.11. The number of fused-ring (bicyclic) bond motifs is 1. The number of rotatable bonds is 4. The second kappa shape index (κ2) is 6.59. The lowest BCUT2D eigenvalue weighted by atomic mass is 10.0. The molecule has 2 aromatic carbocycles. The van der Waals surface area contributed by atoms with Crippen LogP contribution in [-0.4, -0.2) is 31.6 Å². The quantitative estimate of drug-likeness (QED) is 0.823. The van der Waals surface area contributed by atoms with Gasteiger partial charge >= 0.3 is 0 Å². The van der Waals surface area contributed by atoms with Crippen molar-refractivity contribution < 1.29 is 23.8 Å². The van der Waals surface area contributed by atoms with Crippen molar-refractivity contribution in [3.05, 3.63) is 42.0 Å². The number of amides is 2. The number of anilines is 2. The molecule has 0 aromatic heterocycles. The molecule has 0 bridgehead atoms. The zero-order valence-electron chi connectivity index (χ0n) is 15.0. The summed E-state index contributed by atoms with van der Waals surface area (Å²) in [6, 6.07) is 10.3. The van der Waals surface area contributed by atoms with Crippen LogP contribution >= 0.6 is 0 Å². The van der Waals surface area contributed by atoms with Gasteiger partial charge in [-0.1, -0.05) is 6.07 Å². The first-order valence-corrected chi connectivity index (χ1v) is 8.02. The monoisotopic (exact) mass is 356 g/mol. The molecule has 3 rings (SSSR count). The van der Waals surface area contributed by atoms with E-state index in [4.69, 9.17) is 14.2 Å². The third-order valence-corrected chi connectivity index (χ3v) is 4.22. The van der Waals surface area contributed by atoms with Gasteiger partial charge in [-0.3, -0.25) is 9.59 Å². The third kappa shape index (κ3) is 3.03. The van der Waals surface area contributed by atoms with Crippen LogP contribution in [-0.2, 0) is 9.59 Å². The molecule has 7 nitrogen and oxygen atoms in total. The lowest BCUT2D eigenvalue weighted by Crippen LogP contribution is -2.56. The Morgan fingerprint density at radius 1 is 1.15 bits per heavy atom. The molecule has 1 heterocycles. The molecule has 0 saturated carbocycles. The van der Waals surface area contributed by atoms with E-state index in [0.29, 0.717) is 28.6 Å². The minimum atomic E-state index is -1.73. The molecule has 26 heavy (non-hydrogen) atoms. The maximum atomic E-state index is 12.9. The second-order valence-corrected chi connectivity index (χ2v) is 6.11. The van der Waals surface area contributed by atoms with Crippen molar-refractivity contribution in [3.63, 3.8) is 0 Å². The van der Waals surface area contributed by atoms with Gasteiger partial charge in [0.1, 0.15) is 17.2 Å². The number of benzene rings is 2. The molecule has 2 amide bonds. The molecule has 0 aliphatic carbocycles. The molecule has 1 unspecified atom stereocenters. The smallest absolute Gasteiger partial charge is 0.278 e. The van der Waals surface area contributed by atoms with Gasteiger partial charge in [0.05, 0.1) is 25.6 Å². The van der Waals surface area contributed by atoms with Gasteiger partial charge in [0.15, 0.2) is 0 Å². The van der Waals surface area contributed by atoms with Gasteiger partial charge in [0.2, 0.25) is 0 Å². The largest absolute Gasteiger partial charge is 0.497 e. The van der Waals surface area contributed by atoms with Gasteiger partial charge in [-0.25, -0.2) is 0 Å². The van der Waals surface area contributed by atoms with Crippen LogP contribution in [0.15, 0.2) is 36.4 Å². The summed E-state index contributed by atoms with van der Waals surface area (Å²) in [7, 11) is 3.01. The Labute approximate surface area is 151 Å². The van der Waals surface area contributed by atoms with Crippen LogP contribution in [0.1, 0.15) is 12.5 Å². The first-order chi connectivity index (χ1) is 12.4. The van der Waals surface area contributed by atoms with Gasteiger partial charge in [-0.2, -0.15) is 0 Å². The first kappa shape index (κ1) is 17.6. The van der Waals surface area contributed by atoms with Crippen molar-refractivity contribution in [1.29, 1.82) is 0 Å². The molecule has 136 valence electrons. The van der Waals surface area contributed by atoms with Gasteiger partial charge < -0.3 is 24.8 Å². The topological polar surface area (TPSA) is 85.9 Å². The van der Waals surface area contributed by atoms with E-state index in [1.165, 1.54) is 21.1 Å². The summed E-state index contributed by atoms with van der Waals surface area (Å²) in [5, 5.41) is 5.42. The molecule has 0 spiro atoms. The Balaban J connectivity index is 1.90. The molecule has 1 aliphatic rings. The summed E-state index contributed by atoms with van der Waals surface area (Å²) in [6.07, 6.45) is 0. The fourth-order valence-corrected chi connectivity index (χ4v) is 2.64. The van der Waals surface area contributed by atoms with Crippen LogP contribution in [0.3, 0.4) is 0 Å². The van der Waals surface area contributed by atoms with Crippen LogP contribution in [0.4, 0.5) is 11.4 Å². The molecule has 2 aromatic rings. The number of methoxy groups -OCH3 is 2. The van der Waals surface area contributed by atoms with Crippen molar-refractivity contribution >= 4 is 23.2 Å². The Bertz CT molecular complexity index is 880. The minimum Gasteiger partial charge on any atom is -0.497 e. The standard InChI is InChI=1S/C19H20N2O5/c1-11-5-7-16-13(9-11)20-17(22)19(2,26-16)18(23)21-14-10-12(24-3)6-8-15(14)25-4/h5-10H,1-4H3,(H,20,22)(H,21,23). The Hall–Kier alpha value is -3.22. The highest BCUT2D eigenvalue weighted by atomic mass is 16.5. The lowest BCUT2D eigenvalue weighted by molar-refractivity contribution is -0.143. The van der Waals surface area contributed by atoms with E-state index < -0.39 is 17.4 Å². The van der Waals surface area contributed by atoms with Gasteiger partial charge in [-0.15, -0.1) is 0 Å². The van der Waals surface area contributed by atoms with Crippen LogP contribution < -0.4 is 24.8 Å². The predicted molar refractivity (Wildman–Crippen MR) is 97.0 cm³/mol. The third-order valence-electron chi connectivity index (χ3n) is 4.22. The summed E-state index contributed by atoms with van der Waals surface area (Å²) >= 11 is 0. The molecule has 2 N–H and O–H groups in total. The molecule has 0 radical (unpaired) electrons. The average Bonchev–Trinajstić information content (AvgIpc) is 2.62. The fourth-order valence-electron chi connectivity index (χ4n) is 2.64. The number of carbonyl (C=O) groups is 2. The molecule has 7 heteroatoms. The molecule has 1 atom stereocenters. The normalized spacial score (nSPS) is 18.2. The Morgan fingerprint density at radius 3 is 2.62 bits per heavy atom. The maximum absolute atomic E-state index is 12.9. The highest BCUT2D eigenvalue weighted by molar-refractivity contribution is 6.19. The van der Waals surface area contributed by atoms with E-state index in [1.54, 1.807) is 30.3 Å². The summed E-state index contributed by atoms with van der Waals surface area (Å²) < 4.78 is 16.2. The highest BCUT2D eigenvalue weighted by Gasteiger charge is 2.47. The van der Waals surface area contributed by atoms with Crippen molar-refractivity contribution in [1.82, 2.24) is 0 Å². The summed E-state index contributed by atoms with van der Waals surface area (Å²) in [5.41, 5.74) is 0.168.